The van der Waals surface area contributed by atoms with Crippen LogP contribution in [0.1, 0.15) is 26.2 Å². The van der Waals surface area contributed by atoms with Crippen LogP contribution in [0.3, 0.4) is 0 Å². The minimum absolute atomic E-state index is 0.324. The monoisotopic (exact) mass is 227 g/mol. The summed E-state index contributed by atoms with van der Waals surface area (Å²) in [6.45, 7) is 6.02. The van der Waals surface area contributed by atoms with Crippen molar-refractivity contribution in [2.75, 3.05) is 26.3 Å². The molecule has 3 unspecified atom stereocenters. The zero-order valence-electron chi connectivity index (χ0n) is 9.89. The van der Waals surface area contributed by atoms with Crippen molar-refractivity contribution in [2.24, 2.45) is 11.8 Å². The number of rotatable bonds is 4. The van der Waals surface area contributed by atoms with Crippen LogP contribution in [0.5, 0.6) is 0 Å². The van der Waals surface area contributed by atoms with Crippen LogP contribution in [0.4, 0.5) is 0 Å². The van der Waals surface area contributed by atoms with Gasteiger partial charge in [0.1, 0.15) is 0 Å². The average molecular weight is 227 g/mol. The highest BCUT2D eigenvalue weighted by Crippen LogP contribution is 2.27. The Hall–Kier alpha value is -0.610. The Labute approximate surface area is 96.6 Å². The highest BCUT2D eigenvalue weighted by molar-refractivity contribution is 5.67. The van der Waals surface area contributed by atoms with E-state index in [0.29, 0.717) is 24.3 Å². The van der Waals surface area contributed by atoms with E-state index in [1.54, 1.807) is 0 Å². The Morgan fingerprint density at radius 3 is 3.00 bits per heavy atom. The molecule has 0 aromatic carbocycles. The van der Waals surface area contributed by atoms with Crippen molar-refractivity contribution in [2.45, 2.75) is 32.2 Å². The Bertz CT molecular complexity index is 251. The number of ether oxygens (including phenoxy) is 1. The Morgan fingerprint density at radius 2 is 2.38 bits per heavy atom. The van der Waals surface area contributed by atoms with Gasteiger partial charge in [-0.1, -0.05) is 0 Å². The van der Waals surface area contributed by atoms with E-state index >= 15 is 0 Å². The van der Waals surface area contributed by atoms with Gasteiger partial charge in [-0.2, -0.15) is 0 Å². The van der Waals surface area contributed by atoms with Crippen LogP contribution in [0.2, 0.25) is 0 Å². The summed E-state index contributed by atoms with van der Waals surface area (Å²) < 4.78 is 5.41. The zero-order chi connectivity index (χ0) is 11.5. The summed E-state index contributed by atoms with van der Waals surface area (Å²) >= 11 is 0. The molecule has 92 valence electrons. The number of hydrogen-bond donors (Lipinski definition) is 1. The van der Waals surface area contributed by atoms with Gasteiger partial charge in [-0.05, 0) is 38.1 Å². The van der Waals surface area contributed by atoms with E-state index in [4.69, 9.17) is 9.84 Å². The van der Waals surface area contributed by atoms with E-state index in [9.17, 15) is 4.79 Å². The standard InChI is InChI=1S/C12H21NO3/c1-9(11-3-5-16-8-11)13-4-2-10(7-13)6-12(14)15/h9-11H,2-8H2,1H3,(H,14,15). The van der Waals surface area contributed by atoms with E-state index in [1.807, 2.05) is 0 Å². The predicted octanol–water partition coefficient (Wildman–Crippen LogP) is 1.21. The van der Waals surface area contributed by atoms with Gasteiger partial charge >= 0.3 is 5.97 Å². The van der Waals surface area contributed by atoms with Crippen LogP contribution in [-0.2, 0) is 9.53 Å². The molecule has 1 N–H and O–H groups in total. The Kier molecular flexibility index (Phi) is 3.82. The molecule has 0 bridgehead atoms. The second-order valence-corrected chi connectivity index (χ2v) is 5.11. The van der Waals surface area contributed by atoms with Crippen LogP contribution in [0.15, 0.2) is 0 Å². The minimum Gasteiger partial charge on any atom is -0.481 e. The van der Waals surface area contributed by atoms with Gasteiger partial charge in [0.15, 0.2) is 0 Å². The molecule has 2 rings (SSSR count). The molecular formula is C12H21NO3. The quantitative estimate of drug-likeness (QED) is 0.784. The SMILES string of the molecule is CC(C1CCOC1)N1CCC(CC(=O)O)C1. The molecule has 2 heterocycles. The summed E-state index contributed by atoms with van der Waals surface area (Å²) in [7, 11) is 0. The van der Waals surface area contributed by atoms with Crippen molar-refractivity contribution in [1.82, 2.24) is 4.90 Å². The van der Waals surface area contributed by atoms with Crippen LogP contribution in [-0.4, -0.2) is 48.3 Å². The molecule has 2 aliphatic rings. The Morgan fingerprint density at radius 1 is 1.56 bits per heavy atom. The first-order valence-corrected chi connectivity index (χ1v) is 6.20. The molecule has 0 radical (unpaired) electrons. The third-order valence-corrected chi connectivity index (χ3v) is 4.00. The molecule has 4 heteroatoms. The van der Waals surface area contributed by atoms with Gasteiger partial charge in [-0.15, -0.1) is 0 Å². The first-order valence-electron chi connectivity index (χ1n) is 6.20. The molecule has 0 spiro atoms. The molecule has 2 aliphatic heterocycles. The largest absolute Gasteiger partial charge is 0.481 e. The summed E-state index contributed by atoms with van der Waals surface area (Å²) in [5.41, 5.74) is 0. The number of carboxylic acids is 1. The van der Waals surface area contributed by atoms with Crippen LogP contribution < -0.4 is 0 Å². The van der Waals surface area contributed by atoms with Gasteiger partial charge < -0.3 is 9.84 Å². The highest BCUT2D eigenvalue weighted by atomic mass is 16.5. The number of carboxylic acid groups (broad SMARTS) is 1. The number of aliphatic carboxylic acids is 1. The first-order chi connectivity index (χ1) is 7.66. The maximum atomic E-state index is 10.6. The normalized spacial score (nSPS) is 33.1. The summed E-state index contributed by atoms with van der Waals surface area (Å²) in [5, 5.41) is 8.77. The van der Waals surface area contributed by atoms with Crippen molar-refractivity contribution in [3.8, 4) is 0 Å². The molecule has 3 atom stereocenters. The van der Waals surface area contributed by atoms with Crippen molar-refractivity contribution >= 4 is 5.97 Å². The summed E-state index contributed by atoms with van der Waals surface area (Å²) in [6, 6.07) is 0.543. The zero-order valence-corrected chi connectivity index (χ0v) is 9.89. The summed E-state index contributed by atoms with van der Waals surface area (Å²) in [6.07, 6.45) is 2.51. The minimum atomic E-state index is -0.663. The van der Waals surface area contributed by atoms with Gasteiger partial charge in [0.2, 0.25) is 0 Å². The molecule has 4 nitrogen and oxygen atoms in total. The van der Waals surface area contributed by atoms with Crippen molar-refractivity contribution < 1.29 is 14.6 Å². The van der Waals surface area contributed by atoms with Gasteiger partial charge in [0.05, 0.1) is 6.61 Å². The van der Waals surface area contributed by atoms with E-state index in [2.05, 4.69) is 11.8 Å². The number of likely N-dealkylation sites (tertiary alicyclic amines) is 1. The van der Waals surface area contributed by atoms with E-state index < -0.39 is 5.97 Å². The van der Waals surface area contributed by atoms with Crippen LogP contribution in [0.25, 0.3) is 0 Å². The van der Waals surface area contributed by atoms with E-state index in [0.717, 1.165) is 39.1 Å². The lowest BCUT2D eigenvalue weighted by Crippen LogP contribution is -2.37. The molecule has 0 amide bonds. The fourth-order valence-electron chi connectivity index (χ4n) is 2.88. The smallest absolute Gasteiger partial charge is 0.303 e. The predicted molar refractivity (Wildman–Crippen MR) is 60.3 cm³/mol. The van der Waals surface area contributed by atoms with Gasteiger partial charge in [0.25, 0.3) is 0 Å². The van der Waals surface area contributed by atoms with Crippen molar-refractivity contribution in [3.63, 3.8) is 0 Å². The van der Waals surface area contributed by atoms with Crippen LogP contribution in [0, 0.1) is 11.8 Å². The van der Waals surface area contributed by atoms with Gasteiger partial charge in [-0.3, -0.25) is 9.69 Å². The fraction of sp³-hybridized carbons (Fsp3) is 0.917. The summed E-state index contributed by atoms with van der Waals surface area (Å²) in [4.78, 5) is 13.1. The average Bonchev–Trinajstić information content (AvgIpc) is 2.84. The third kappa shape index (κ3) is 2.74. The second kappa shape index (κ2) is 5.15. The topological polar surface area (TPSA) is 49.8 Å². The third-order valence-electron chi connectivity index (χ3n) is 4.00. The number of hydrogen-bond acceptors (Lipinski definition) is 3. The lowest BCUT2D eigenvalue weighted by Gasteiger charge is -2.28. The Balaban J connectivity index is 1.80. The van der Waals surface area contributed by atoms with Crippen molar-refractivity contribution in [3.05, 3.63) is 0 Å². The summed E-state index contributed by atoms with van der Waals surface area (Å²) in [5.74, 6) is 0.328. The van der Waals surface area contributed by atoms with E-state index in [1.165, 1.54) is 0 Å². The van der Waals surface area contributed by atoms with Gasteiger partial charge in [-0.25, -0.2) is 0 Å². The molecule has 2 fully saturated rings. The molecule has 0 aromatic heterocycles. The van der Waals surface area contributed by atoms with E-state index in [-0.39, 0.29) is 0 Å². The maximum Gasteiger partial charge on any atom is 0.303 e. The second-order valence-electron chi connectivity index (χ2n) is 5.11. The molecular weight excluding hydrogens is 206 g/mol. The lowest BCUT2D eigenvalue weighted by molar-refractivity contribution is -0.138. The van der Waals surface area contributed by atoms with Gasteiger partial charge in [0, 0.05) is 25.6 Å². The highest BCUT2D eigenvalue weighted by Gasteiger charge is 2.32. The molecule has 0 aromatic rings. The molecule has 0 aliphatic carbocycles. The molecule has 2 saturated heterocycles. The fourth-order valence-corrected chi connectivity index (χ4v) is 2.88. The first kappa shape index (κ1) is 11.9. The maximum absolute atomic E-state index is 10.6. The number of nitrogens with zero attached hydrogens (tertiary/aromatic N) is 1. The molecule has 0 saturated carbocycles. The lowest BCUT2D eigenvalue weighted by atomic mass is 9.99. The van der Waals surface area contributed by atoms with Crippen molar-refractivity contribution in [1.29, 1.82) is 0 Å². The van der Waals surface area contributed by atoms with Crippen LogP contribution >= 0.6 is 0 Å². The molecule has 16 heavy (non-hydrogen) atoms. The number of carbonyl (C=O) groups is 1.